The summed E-state index contributed by atoms with van der Waals surface area (Å²) in [6, 6.07) is 0.899. The van der Waals surface area contributed by atoms with Crippen LogP contribution in [0.2, 0.25) is 65.0 Å². The molecule has 0 unspecified atom stereocenters. The van der Waals surface area contributed by atoms with Crippen LogP contribution in [0.15, 0.2) is 12.7 Å². The monoisotopic (exact) mass is 393 g/mol. The minimum atomic E-state index is -2.64. The molecule has 23 heavy (non-hydrogen) atoms. The molecule has 8 heteroatoms. The van der Waals surface area contributed by atoms with Gasteiger partial charge >= 0.3 is 8.80 Å². The zero-order valence-corrected chi connectivity index (χ0v) is 20.8. The zero-order chi connectivity index (χ0) is 18.4. The number of hydrogen-bond acceptors (Lipinski definition) is 4. The molecular weight excluding hydrogens is 355 g/mol. The molecule has 0 saturated carbocycles. The molecule has 0 aromatic carbocycles. The third kappa shape index (κ3) is 13.4. The first-order chi connectivity index (χ1) is 10.2. The van der Waals surface area contributed by atoms with E-state index in [1.54, 1.807) is 0 Å². The van der Waals surface area contributed by atoms with Gasteiger partial charge in [0.25, 0.3) is 0 Å². The van der Waals surface area contributed by atoms with Crippen molar-refractivity contribution < 1.29 is 12.3 Å². The quantitative estimate of drug-likeness (QED) is 0.298. The molecule has 0 aliphatic carbocycles. The van der Waals surface area contributed by atoms with Gasteiger partial charge in [-0.15, -0.1) is 6.58 Å². The van der Waals surface area contributed by atoms with Crippen molar-refractivity contribution in [1.82, 2.24) is 5.32 Å². The Morgan fingerprint density at radius 3 is 1.48 bits per heavy atom. The summed E-state index contributed by atoms with van der Waals surface area (Å²) < 4.78 is 19.9. The summed E-state index contributed by atoms with van der Waals surface area (Å²) in [5.74, 6) is 0. The van der Waals surface area contributed by atoms with Crippen molar-refractivity contribution in [3.05, 3.63) is 12.7 Å². The molecular formula is C15H39NO3Si4. The van der Waals surface area contributed by atoms with Crippen LogP contribution < -0.4 is 5.32 Å². The van der Waals surface area contributed by atoms with Gasteiger partial charge < -0.3 is 17.7 Å². The average Bonchev–Trinajstić information content (AvgIpc) is 2.20. The van der Waals surface area contributed by atoms with Crippen molar-refractivity contribution in [2.24, 2.45) is 0 Å². The summed E-state index contributed by atoms with van der Waals surface area (Å²) in [6.07, 6.45) is 2.90. The summed E-state index contributed by atoms with van der Waals surface area (Å²) in [7, 11) is -7.89. The van der Waals surface area contributed by atoms with Gasteiger partial charge in [0.05, 0.1) is 0 Å². The molecule has 138 valence electrons. The second-order valence-corrected chi connectivity index (χ2v) is 25.9. The van der Waals surface area contributed by atoms with Gasteiger partial charge in [-0.05, 0) is 71.9 Å². The molecule has 0 aliphatic heterocycles. The fraction of sp³-hybridized carbons (Fsp3) is 0.867. The van der Waals surface area contributed by atoms with Gasteiger partial charge in [0.15, 0.2) is 25.0 Å². The standard InChI is InChI=1S/C15H39NO3Si4/c1-11-13-16-14-12-15-23(17-20(2,3)4,18-21(5,6)7)19-22(8,9)10/h11,16H,1,12-15H2,2-10H3. The Kier molecular flexibility index (Phi) is 9.41. The van der Waals surface area contributed by atoms with Crippen LogP contribution in [0.3, 0.4) is 0 Å². The topological polar surface area (TPSA) is 39.7 Å². The molecule has 0 aromatic rings. The first-order valence-electron chi connectivity index (χ1n) is 8.60. The zero-order valence-electron chi connectivity index (χ0n) is 16.8. The van der Waals surface area contributed by atoms with Crippen LogP contribution in [0, 0.1) is 0 Å². The van der Waals surface area contributed by atoms with Crippen LogP contribution in [0.25, 0.3) is 0 Å². The highest BCUT2D eigenvalue weighted by Crippen LogP contribution is 2.29. The molecule has 0 aliphatic rings. The Bertz CT molecular complexity index is 318. The summed E-state index contributed by atoms with van der Waals surface area (Å²) in [5, 5.41) is 3.37. The molecule has 0 rings (SSSR count). The van der Waals surface area contributed by atoms with E-state index in [-0.39, 0.29) is 0 Å². The highest BCUT2D eigenvalue weighted by Gasteiger charge is 2.49. The van der Waals surface area contributed by atoms with Gasteiger partial charge in [0.2, 0.25) is 0 Å². The Balaban J connectivity index is 5.24. The Morgan fingerprint density at radius 2 is 1.17 bits per heavy atom. The molecule has 0 aromatic heterocycles. The molecule has 0 fully saturated rings. The normalized spacial score (nSPS) is 14.1. The van der Waals surface area contributed by atoms with Gasteiger partial charge in [0.1, 0.15) is 0 Å². The fourth-order valence-electron chi connectivity index (χ4n) is 2.25. The number of nitrogens with one attached hydrogen (secondary N) is 1. The van der Waals surface area contributed by atoms with Gasteiger partial charge in [-0.25, -0.2) is 0 Å². The molecule has 1 N–H and O–H groups in total. The van der Waals surface area contributed by atoms with E-state index in [2.05, 4.69) is 70.8 Å². The third-order valence-corrected chi connectivity index (χ3v) is 14.6. The maximum atomic E-state index is 6.64. The first kappa shape index (κ1) is 23.4. The number of rotatable bonds is 12. The largest absolute Gasteiger partial charge is 0.469 e. The van der Waals surface area contributed by atoms with Crippen molar-refractivity contribution in [3.8, 4) is 0 Å². The highest BCUT2D eigenvalue weighted by molar-refractivity contribution is 6.90. The van der Waals surface area contributed by atoms with Gasteiger partial charge in [-0.3, -0.25) is 0 Å². The third-order valence-electron chi connectivity index (χ3n) is 2.51. The van der Waals surface area contributed by atoms with Gasteiger partial charge in [-0.1, -0.05) is 6.08 Å². The van der Waals surface area contributed by atoms with Crippen molar-refractivity contribution >= 4 is 33.8 Å². The van der Waals surface area contributed by atoms with E-state index in [0.717, 1.165) is 25.6 Å². The number of hydrogen-bond donors (Lipinski definition) is 1. The molecule has 0 amide bonds. The Hall–Kier alpha value is 0.448. The van der Waals surface area contributed by atoms with Crippen LogP contribution in [0.4, 0.5) is 0 Å². The lowest BCUT2D eigenvalue weighted by molar-refractivity contribution is 0.250. The molecule has 0 bridgehead atoms. The van der Waals surface area contributed by atoms with E-state index in [0.29, 0.717) is 0 Å². The molecule has 0 radical (unpaired) electrons. The second kappa shape index (κ2) is 9.23. The maximum Gasteiger partial charge on any atom is 0.469 e. The van der Waals surface area contributed by atoms with E-state index in [9.17, 15) is 0 Å². The predicted molar refractivity (Wildman–Crippen MR) is 112 cm³/mol. The lowest BCUT2D eigenvalue weighted by atomic mass is 10.4. The van der Waals surface area contributed by atoms with Crippen LogP contribution in [0.5, 0.6) is 0 Å². The van der Waals surface area contributed by atoms with E-state index in [1.807, 2.05) is 6.08 Å². The second-order valence-electron chi connectivity index (χ2n) is 8.92. The SMILES string of the molecule is C=CCNCCC[Si](O[Si](C)(C)C)(O[Si](C)(C)C)O[Si](C)(C)C. The molecule has 0 atom stereocenters. The minimum absolute atomic E-state index is 0.840. The first-order valence-corrected chi connectivity index (χ1v) is 20.8. The van der Waals surface area contributed by atoms with E-state index >= 15 is 0 Å². The predicted octanol–water partition coefficient (Wildman–Crippen LogP) is 4.65. The lowest BCUT2D eigenvalue weighted by Gasteiger charge is -2.43. The molecule has 4 nitrogen and oxygen atoms in total. The smallest absolute Gasteiger partial charge is 0.417 e. The van der Waals surface area contributed by atoms with E-state index in [4.69, 9.17) is 12.3 Å². The van der Waals surface area contributed by atoms with E-state index in [1.165, 1.54) is 0 Å². The maximum absolute atomic E-state index is 6.64. The minimum Gasteiger partial charge on any atom is -0.417 e. The lowest BCUT2D eigenvalue weighted by Crippen LogP contribution is -2.60. The summed E-state index contributed by atoms with van der Waals surface area (Å²) in [4.78, 5) is 0. The van der Waals surface area contributed by atoms with Crippen molar-refractivity contribution in [3.63, 3.8) is 0 Å². The fourth-order valence-corrected chi connectivity index (χ4v) is 16.9. The average molecular weight is 394 g/mol. The summed E-state index contributed by atoms with van der Waals surface area (Å²) >= 11 is 0. The molecule has 0 spiro atoms. The summed E-state index contributed by atoms with van der Waals surface area (Å²) in [6.45, 7) is 25.6. The van der Waals surface area contributed by atoms with Crippen molar-refractivity contribution in [2.75, 3.05) is 13.1 Å². The van der Waals surface area contributed by atoms with Crippen LogP contribution >= 0.6 is 0 Å². The van der Waals surface area contributed by atoms with Crippen molar-refractivity contribution in [2.45, 2.75) is 71.4 Å². The van der Waals surface area contributed by atoms with Crippen molar-refractivity contribution in [1.29, 1.82) is 0 Å². The Morgan fingerprint density at radius 1 is 0.783 bits per heavy atom. The van der Waals surface area contributed by atoms with Gasteiger partial charge in [-0.2, -0.15) is 0 Å². The molecule has 0 saturated heterocycles. The van der Waals surface area contributed by atoms with Crippen LogP contribution in [0.1, 0.15) is 6.42 Å². The van der Waals surface area contributed by atoms with Gasteiger partial charge in [0, 0.05) is 12.6 Å². The highest BCUT2D eigenvalue weighted by atomic mass is 28.5. The van der Waals surface area contributed by atoms with Crippen LogP contribution in [-0.4, -0.2) is 46.8 Å². The summed E-state index contributed by atoms with van der Waals surface area (Å²) in [5.41, 5.74) is 0. The van der Waals surface area contributed by atoms with Crippen LogP contribution in [-0.2, 0) is 12.3 Å². The molecule has 0 heterocycles. The van der Waals surface area contributed by atoms with E-state index < -0.39 is 33.8 Å². The Labute approximate surface area is 148 Å².